The molecule has 22 heavy (non-hydrogen) atoms. The smallest absolute Gasteiger partial charge is 0.191 e. The number of thioether (sulfide) groups is 1. The second-order valence-electron chi connectivity index (χ2n) is 5.72. The van der Waals surface area contributed by atoms with Crippen molar-refractivity contribution in [2.45, 2.75) is 50.9 Å². The van der Waals surface area contributed by atoms with Crippen LogP contribution in [0.25, 0.3) is 11.4 Å². The van der Waals surface area contributed by atoms with Gasteiger partial charge < -0.3 is 9.30 Å². The third-order valence-electron chi connectivity index (χ3n) is 4.02. The maximum atomic E-state index is 5.80. The molecule has 5 heteroatoms. The fraction of sp³-hybridized carbons (Fsp3) is 0.529. The molecule has 118 valence electrons. The van der Waals surface area contributed by atoms with Gasteiger partial charge >= 0.3 is 0 Å². The minimum Gasteiger partial charge on any atom is -0.377 e. The van der Waals surface area contributed by atoms with Gasteiger partial charge in [-0.15, -0.1) is 10.2 Å². The Morgan fingerprint density at radius 1 is 1.23 bits per heavy atom. The first-order chi connectivity index (χ1) is 10.8. The van der Waals surface area contributed by atoms with E-state index >= 15 is 0 Å². The second-order valence-corrected chi connectivity index (χ2v) is 6.70. The van der Waals surface area contributed by atoms with Crippen LogP contribution in [0.1, 0.15) is 31.7 Å². The maximum absolute atomic E-state index is 5.80. The van der Waals surface area contributed by atoms with Crippen LogP contribution in [0.2, 0.25) is 0 Å². The molecule has 1 aliphatic heterocycles. The highest BCUT2D eigenvalue weighted by Crippen LogP contribution is 2.26. The molecule has 1 aromatic heterocycles. The van der Waals surface area contributed by atoms with Gasteiger partial charge in [-0.1, -0.05) is 41.6 Å². The van der Waals surface area contributed by atoms with E-state index in [4.69, 9.17) is 4.74 Å². The lowest BCUT2D eigenvalue weighted by atomic mass is 10.1. The summed E-state index contributed by atoms with van der Waals surface area (Å²) in [5, 5.41) is 9.79. The van der Waals surface area contributed by atoms with Crippen LogP contribution in [0.15, 0.2) is 29.4 Å². The predicted molar refractivity (Wildman–Crippen MR) is 90.2 cm³/mol. The average molecular weight is 317 g/mol. The highest BCUT2D eigenvalue weighted by atomic mass is 32.2. The Labute approximate surface area is 136 Å². The zero-order valence-electron chi connectivity index (χ0n) is 13.3. The molecule has 0 aliphatic carbocycles. The zero-order chi connectivity index (χ0) is 15.4. The van der Waals surface area contributed by atoms with Crippen molar-refractivity contribution in [1.82, 2.24) is 14.8 Å². The van der Waals surface area contributed by atoms with Crippen LogP contribution in [-0.2, 0) is 11.3 Å². The summed E-state index contributed by atoms with van der Waals surface area (Å²) in [6, 6.07) is 8.47. The molecule has 0 unspecified atom stereocenters. The van der Waals surface area contributed by atoms with Crippen LogP contribution in [0.3, 0.4) is 0 Å². The van der Waals surface area contributed by atoms with Gasteiger partial charge in [-0.2, -0.15) is 0 Å². The van der Waals surface area contributed by atoms with Gasteiger partial charge in [0.05, 0.1) is 6.10 Å². The van der Waals surface area contributed by atoms with E-state index in [0.29, 0.717) is 6.10 Å². The number of hydrogen-bond acceptors (Lipinski definition) is 4. The number of benzene rings is 1. The van der Waals surface area contributed by atoms with Gasteiger partial charge in [0.1, 0.15) is 0 Å². The van der Waals surface area contributed by atoms with Crippen molar-refractivity contribution in [3.8, 4) is 11.4 Å². The third-order valence-corrected chi connectivity index (χ3v) is 5.11. The minimum absolute atomic E-state index is 0.364. The van der Waals surface area contributed by atoms with E-state index in [2.05, 4.69) is 52.9 Å². The quantitative estimate of drug-likeness (QED) is 0.783. The highest BCUT2D eigenvalue weighted by Gasteiger charge is 2.18. The minimum atomic E-state index is 0.364. The summed E-state index contributed by atoms with van der Waals surface area (Å²) in [5.74, 6) is 1.92. The summed E-state index contributed by atoms with van der Waals surface area (Å²) >= 11 is 1.76. The van der Waals surface area contributed by atoms with Crippen LogP contribution in [0.5, 0.6) is 0 Å². The Kier molecular flexibility index (Phi) is 5.16. The topological polar surface area (TPSA) is 39.9 Å². The Balaban J connectivity index is 1.73. The standard InChI is InChI=1S/C17H23N3OS/c1-3-20-16(14-9-7-13(2)8-10-14)18-19-17(20)22-12-15-6-4-5-11-21-15/h7-10,15H,3-6,11-12H2,1-2H3/t15-/m1/s1. The van der Waals surface area contributed by atoms with Crippen molar-refractivity contribution in [3.05, 3.63) is 29.8 Å². The summed E-state index contributed by atoms with van der Waals surface area (Å²) in [6.07, 6.45) is 4.01. The van der Waals surface area contributed by atoms with E-state index in [1.165, 1.54) is 18.4 Å². The fourth-order valence-electron chi connectivity index (χ4n) is 2.70. The lowest BCUT2D eigenvalue weighted by Crippen LogP contribution is -2.21. The van der Waals surface area contributed by atoms with Gasteiger partial charge in [0.2, 0.25) is 0 Å². The summed E-state index contributed by atoms with van der Waals surface area (Å²) in [4.78, 5) is 0. The molecule has 1 aliphatic rings. The maximum Gasteiger partial charge on any atom is 0.191 e. The van der Waals surface area contributed by atoms with E-state index in [0.717, 1.165) is 41.9 Å². The summed E-state index contributed by atoms with van der Waals surface area (Å²) < 4.78 is 7.99. The largest absolute Gasteiger partial charge is 0.377 e. The molecular formula is C17H23N3OS. The van der Waals surface area contributed by atoms with E-state index < -0.39 is 0 Å². The summed E-state index contributed by atoms with van der Waals surface area (Å²) in [5.41, 5.74) is 2.39. The number of rotatable bonds is 5. The van der Waals surface area contributed by atoms with Crippen molar-refractivity contribution in [3.63, 3.8) is 0 Å². The molecule has 4 nitrogen and oxygen atoms in total. The Bertz CT molecular complexity index is 603. The van der Waals surface area contributed by atoms with Gasteiger partial charge in [-0.05, 0) is 33.1 Å². The molecule has 0 N–H and O–H groups in total. The predicted octanol–water partition coefficient (Wildman–Crippen LogP) is 3.93. The Morgan fingerprint density at radius 3 is 2.73 bits per heavy atom. The Morgan fingerprint density at radius 2 is 2.05 bits per heavy atom. The first-order valence-electron chi connectivity index (χ1n) is 8.02. The number of hydrogen-bond donors (Lipinski definition) is 0. The molecule has 0 radical (unpaired) electrons. The molecule has 1 aromatic carbocycles. The van der Waals surface area contributed by atoms with Crippen molar-refractivity contribution in [1.29, 1.82) is 0 Å². The molecule has 2 heterocycles. The monoisotopic (exact) mass is 317 g/mol. The van der Waals surface area contributed by atoms with E-state index in [1.54, 1.807) is 11.8 Å². The number of aromatic nitrogens is 3. The lowest BCUT2D eigenvalue weighted by Gasteiger charge is -2.21. The number of aryl methyl sites for hydroxylation is 1. The normalized spacial score (nSPS) is 18.5. The van der Waals surface area contributed by atoms with Crippen LogP contribution in [-0.4, -0.2) is 33.2 Å². The molecule has 1 fully saturated rings. The van der Waals surface area contributed by atoms with Gasteiger partial charge in [0.15, 0.2) is 11.0 Å². The van der Waals surface area contributed by atoms with Crippen molar-refractivity contribution in [2.75, 3.05) is 12.4 Å². The van der Waals surface area contributed by atoms with Crippen molar-refractivity contribution >= 4 is 11.8 Å². The highest BCUT2D eigenvalue weighted by molar-refractivity contribution is 7.99. The average Bonchev–Trinajstić information content (AvgIpc) is 2.97. The molecule has 0 amide bonds. The molecule has 0 spiro atoms. The van der Waals surface area contributed by atoms with Gasteiger partial charge in [-0.25, -0.2) is 0 Å². The fourth-order valence-corrected chi connectivity index (χ4v) is 3.77. The van der Waals surface area contributed by atoms with Crippen LogP contribution in [0.4, 0.5) is 0 Å². The Hall–Kier alpha value is -1.33. The molecule has 0 saturated carbocycles. The second kappa shape index (κ2) is 7.29. The van der Waals surface area contributed by atoms with Crippen molar-refractivity contribution < 1.29 is 4.74 Å². The van der Waals surface area contributed by atoms with E-state index in [-0.39, 0.29) is 0 Å². The summed E-state index contributed by atoms with van der Waals surface area (Å²) in [7, 11) is 0. The van der Waals surface area contributed by atoms with Gasteiger partial charge in [-0.3, -0.25) is 0 Å². The molecule has 1 saturated heterocycles. The molecular weight excluding hydrogens is 294 g/mol. The number of ether oxygens (including phenoxy) is 1. The molecule has 1 atom stereocenters. The molecule has 3 rings (SSSR count). The third kappa shape index (κ3) is 3.52. The van der Waals surface area contributed by atoms with Crippen LogP contribution in [0, 0.1) is 6.92 Å². The van der Waals surface area contributed by atoms with Gasteiger partial charge in [0, 0.05) is 24.5 Å². The summed E-state index contributed by atoms with van der Waals surface area (Å²) in [6.45, 7) is 6.02. The first kappa shape index (κ1) is 15.6. The van der Waals surface area contributed by atoms with E-state index in [9.17, 15) is 0 Å². The number of nitrogens with zero attached hydrogens (tertiary/aromatic N) is 3. The van der Waals surface area contributed by atoms with Gasteiger partial charge in [0.25, 0.3) is 0 Å². The van der Waals surface area contributed by atoms with E-state index in [1.807, 2.05) is 0 Å². The SMILES string of the molecule is CCn1c(SC[C@H]2CCCCO2)nnc1-c1ccc(C)cc1. The first-order valence-corrected chi connectivity index (χ1v) is 9.01. The van der Waals surface area contributed by atoms with Crippen LogP contribution < -0.4 is 0 Å². The zero-order valence-corrected chi connectivity index (χ0v) is 14.1. The van der Waals surface area contributed by atoms with Crippen LogP contribution >= 0.6 is 11.8 Å². The molecule has 2 aromatic rings. The lowest BCUT2D eigenvalue weighted by molar-refractivity contribution is 0.0315. The van der Waals surface area contributed by atoms with Crippen molar-refractivity contribution in [2.24, 2.45) is 0 Å². The molecule has 0 bridgehead atoms.